The van der Waals surface area contributed by atoms with E-state index in [0.717, 1.165) is 37.1 Å². The largest absolute Gasteiger partial charge is 0.481 e. The Morgan fingerprint density at radius 2 is 2.00 bits per heavy atom. The van der Waals surface area contributed by atoms with Crippen molar-refractivity contribution >= 4 is 5.97 Å². The molecule has 1 aromatic carbocycles. The molecule has 0 aromatic heterocycles. The normalized spacial score (nSPS) is 27.0. The smallest absolute Gasteiger partial charge is 0.305 e. The zero-order valence-corrected chi connectivity index (χ0v) is 11.7. The van der Waals surface area contributed by atoms with Crippen molar-refractivity contribution < 1.29 is 14.6 Å². The van der Waals surface area contributed by atoms with Gasteiger partial charge in [-0.3, -0.25) is 9.69 Å². The summed E-state index contributed by atoms with van der Waals surface area (Å²) in [7, 11) is 0. The van der Waals surface area contributed by atoms with Crippen LogP contribution in [0, 0.1) is 0 Å². The van der Waals surface area contributed by atoms with E-state index in [1.807, 2.05) is 12.1 Å². The van der Waals surface area contributed by atoms with Crippen molar-refractivity contribution in [2.75, 3.05) is 19.7 Å². The van der Waals surface area contributed by atoms with Crippen LogP contribution in [-0.2, 0) is 21.7 Å². The molecule has 1 aromatic rings. The maximum absolute atomic E-state index is 11.4. The Balaban J connectivity index is 2.04. The lowest BCUT2D eigenvalue weighted by Crippen LogP contribution is -2.54. The molecule has 0 spiro atoms. The summed E-state index contributed by atoms with van der Waals surface area (Å²) in [6.07, 6.45) is 3.64. The van der Waals surface area contributed by atoms with Crippen LogP contribution < -0.4 is 0 Å². The number of carboxylic acid groups (broad SMARTS) is 1. The molecule has 1 fully saturated rings. The van der Waals surface area contributed by atoms with Crippen molar-refractivity contribution in [1.82, 2.24) is 4.90 Å². The van der Waals surface area contributed by atoms with E-state index in [1.165, 1.54) is 6.42 Å². The van der Waals surface area contributed by atoms with Crippen LogP contribution in [0.15, 0.2) is 24.3 Å². The summed E-state index contributed by atoms with van der Waals surface area (Å²) in [6.45, 7) is 3.00. The molecular formula is C16H21NO3. The number of carbonyl (C=O) groups is 1. The fourth-order valence-corrected chi connectivity index (χ4v) is 3.60. The van der Waals surface area contributed by atoms with E-state index in [-0.39, 0.29) is 6.42 Å². The second-order valence-electron chi connectivity index (χ2n) is 5.80. The maximum atomic E-state index is 11.4. The Kier molecular flexibility index (Phi) is 3.76. The predicted octanol–water partition coefficient (Wildman–Crippen LogP) is 2.37. The standard InChI is InChI=1S/C16H21NO3/c18-15(19)10-16(17-8-4-1-5-9-17)12-20-11-13-6-2-3-7-14(13)16/h2-3,6-7H,1,4-5,8-12H2,(H,18,19). The summed E-state index contributed by atoms with van der Waals surface area (Å²) in [6, 6.07) is 8.13. The van der Waals surface area contributed by atoms with Crippen LogP contribution in [-0.4, -0.2) is 35.7 Å². The van der Waals surface area contributed by atoms with Gasteiger partial charge in [0.1, 0.15) is 0 Å². The molecule has 1 unspecified atom stereocenters. The van der Waals surface area contributed by atoms with E-state index in [0.29, 0.717) is 13.2 Å². The highest BCUT2D eigenvalue weighted by molar-refractivity contribution is 5.69. The Bertz CT molecular complexity index is 496. The van der Waals surface area contributed by atoms with Gasteiger partial charge >= 0.3 is 5.97 Å². The minimum atomic E-state index is -0.754. The highest BCUT2D eigenvalue weighted by atomic mass is 16.5. The molecule has 1 atom stereocenters. The van der Waals surface area contributed by atoms with Crippen LogP contribution in [0.1, 0.15) is 36.8 Å². The topological polar surface area (TPSA) is 49.8 Å². The molecule has 0 amide bonds. The molecular weight excluding hydrogens is 254 g/mol. The average Bonchev–Trinajstić information content (AvgIpc) is 2.48. The number of hydrogen-bond donors (Lipinski definition) is 1. The Hall–Kier alpha value is -1.39. The molecule has 0 saturated carbocycles. The zero-order valence-electron chi connectivity index (χ0n) is 11.7. The molecule has 0 radical (unpaired) electrons. The van der Waals surface area contributed by atoms with Crippen LogP contribution >= 0.6 is 0 Å². The second-order valence-corrected chi connectivity index (χ2v) is 5.80. The lowest BCUT2D eigenvalue weighted by atomic mass is 9.80. The van der Waals surface area contributed by atoms with Crippen molar-refractivity contribution in [3.8, 4) is 0 Å². The lowest BCUT2D eigenvalue weighted by Gasteiger charge is -2.48. The lowest BCUT2D eigenvalue weighted by molar-refractivity contribution is -0.144. The summed E-state index contributed by atoms with van der Waals surface area (Å²) < 4.78 is 5.76. The number of aliphatic carboxylic acids is 1. The quantitative estimate of drug-likeness (QED) is 0.920. The van der Waals surface area contributed by atoms with E-state index in [2.05, 4.69) is 17.0 Å². The first-order chi connectivity index (χ1) is 9.72. The van der Waals surface area contributed by atoms with Gasteiger partial charge in [-0.05, 0) is 37.1 Å². The Labute approximate surface area is 119 Å². The number of rotatable bonds is 3. The fraction of sp³-hybridized carbons (Fsp3) is 0.562. The van der Waals surface area contributed by atoms with Crippen LogP contribution in [0.25, 0.3) is 0 Å². The van der Waals surface area contributed by atoms with Crippen molar-refractivity contribution in [2.45, 2.75) is 37.8 Å². The van der Waals surface area contributed by atoms with Gasteiger partial charge in [0.15, 0.2) is 0 Å². The zero-order chi connectivity index (χ0) is 14.0. The monoisotopic (exact) mass is 275 g/mol. The number of likely N-dealkylation sites (tertiary alicyclic amines) is 1. The molecule has 1 saturated heterocycles. The molecule has 0 aliphatic carbocycles. The van der Waals surface area contributed by atoms with Gasteiger partial charge in [0.25, 0.3) is 0 Å². The summed E-state index contributed by atoms with van der Waals surface area (Å²) in [4.78, 5) is 13.8. The summed E-state index contributed by atoms with van der Waals surface area (Å²) >= 11 is 0. The minimum absolute atomic E-state index is 0.115. The summed E-state index contributed by atoms with van der Waals surface area (Å²) in [5.41, 5.74) is 1.79. The van der Waals surface area contributed by atoms with Gasteiger partial charge in [-0.1, -0.05) is 30.7 Å². The fourth-order valence-electron chi connectivity index (χ4n) is 3.60. The highest BCUT2D eigenvalue weighted by Crippen LogP contribution is 2.40. The molecule has 3 rings (SSSR count). The van der Waals surface area contributed by atoms with Gasteiger partial charge in [-0.2, -0.15) is 0 Å². The number of ether oxygens (including phenoxy) is 1. The molecule has 2 aliphatic rings. The van der Waals surface area contributed by atoms with Gasteiger partial charge in [-0.25, -0.2) is 0 Å². The number of carboxylic acids is 1. The third-order valence-electron chi connectivity index (χ3n) is 4.52. The third kappa shape index (κ3) is 2.34. The molecule has 1 N–H and O–H groups in total. The first kappa shape index (κ1) is 13.6. The van der Waals surface area contributed by atoms with Crippen LogP contribution in [0.4, 0.5) is 0 Å². The number of nitrogens with zero attached hydrogens (tertiary/aromatic N) is 1. The SMILES string of the molecule is O=C(O)CC1(N2CCCCC2)COCc2ccccc21. The molecule has 2 aliphatic heterocycles. The number of piperidine rings is 1. The molecule has 108 valence electrons. The van der Waals surface area contributed by atoms with E-state index >= 15 is 0 Å². The van der Waals surface area contributed by atoms with Gasteiger partial charge < -0.3 is 9.84 Å². The van der Waals surface area contributed by atoms with Crippen molar-refractivity contribution in [3.63, 3.8) is 0 Å². The van der Waals surface area contributed by atoms with Crippen LogP contribution in [0.3, 0.4) is 0 Å². The van der Waals surface area contributed by atoms with Gasteiger partial charge in [-0.15, -0.1) is 0 Å². The maximum Gasteiger partial charge on any atom is 0.305 e. The van der Waals surface area contributed by atoms with Crippen molar-refractivity contribution in [2.24, 2.45) is 0 Å². The molecule has 0 bridgehead atoms. The van der Waals surface area contributed by atoms with Crippen molar-refractivity contribution in [1.29, 1.82) is 0 Å². The number of fused-ring (bicyclic) bond motifs is 1. The second kappa shape index (κ2) is 5.54. The summed E-state index contributed by atoms with van der Waals surface area (Å²) in [5, 5.41) is 9.40. The number of hydrogen-bond acceptors (Lipinski definition) is 3. The Morgan fingerprint density at radius 3 is 2.75 bits per heavy atom. The van der Waals surface area contributed by atoms with E-state index in [4.69, 9.17) is 4.74 Å². The van der Waals surface area contributed by atoms with Crippen molar-refractivity contribution in [3.05, 3.63) is 35.4 Å². The minimum Gasteiger partial charge on any atom is -0.481 e. The molecule has 4 heteroatoms. The summed E-state index contributed by atoms with van der Waals surface area (Å²) in [5.74, 6) is -0.754. The van der Waals surface area contributed by atoms with Crippen LogP contribution in [0.5, 0.6) is 0 Å². The highest BCUT2D eigenvalue weighted by Gasteiger charge is 2.44. The van der Waals surface area contributed by atoms with Gasteiger partial charge in [0.2, 0.25) is 0 Å². The van der Waals surface area contributed by atoms with Gasteiger partial charge in [0, 0.05) is 0 Å². The van der Waals surface area contributed by atoms with Gasteiger partial charge in [0.05, 0.1) is 25.2 Å². The molecule has 4 nitrogen and oxygen atoms in total. The van der Waals surface area contributed by atoms with E-state index < -0.39 is 11.5 Å². The first-order valence-corrected chi connectivity index (χ1v) is 7.35. The Morgan fingerprint density at radius 1 is 1.25 bits per heavy atom. The van der Waals surface area contributed by atoms with Crippen LogP contribution in [0.2, 0.25) is 0 Å². The third-order valence-corrected chi connectivity index (χ3v) is 4.52. The molecule has 20 heavy (non-hydrogen) atoms. The van der Waals surface area contributed by atoms with E-state index in [1.54, 1.807) is 0 Å². The average molecular weight is 275 g/mol. The predicted molar refractivity (Wildman–Crippen MR) is 75.5 cm³/mol. The number of benzene rings is 1. The molecule has 2 heterocycles. The van der Waals surface area contributed by atoms with E-state index in [9.17, 15) is 9.90 Å². The first-order valence-electron chi connectivity index (χ1n) is 7.35.